The van der Waals surface area contributed by atoms with E-state index in [0.29, 0.717) is 0 Å². The van der Waals surface area contributed by atoms with Gasteiger partial charge in [-0.25, -0.2) is 4.79 Å². The third kappa shape index (κ3) is 18.4. The Morgan fingerprint density at radius 3 is 1.84 bits per heavy atom. The molecular weight excluding hydrogens is 686 g/mol. The van der Waals surface area contributed by atoms with Gasteiger partial charge in [-0.3, -0.25) is 28.8 Å². The van der Waals surface area contributed by atoms with Gasteiger partial charge in [0.1, 0.15) is 36.4 Å². The van der Waals surface area contributed by atoms with Crippen molar-refractivity contribution in [1.29, 1.82) is 0 Å². The van der Waals surface area contributed by atoms with E-state index in [2.05, 4.69) is 31.9 Å². The van der Waals surface area contributed by atoms with Crippen molar-refractivity contribution in [3.8, 4) is 0 Å². The second-order valence-corrected chi connectivity index (χ2v) is 13.3. The summed E-state index contributed by atoms with van der Waals surface area (Å²) in [5, 5.41) is 71.4. The van der Waals surface area contributed by atoms with E-state index in [0.717, 1.165) is 11.8 Å². The van der Waals surface area contributed by atoms with E-state index in [-0.39, 0.29) is 29.9 Å². The van der Waals surface area contributed by atoms with Gasteiger partial charge in [0.2, 0.25) is 35.4 Å². The van der Waals surface area contributed by atoms with Crippen LogP contribution in [0.15, 0.2) is 0 Å². The third-order valence-electron chi connectivity index (χ3n) is 6.93. The normalized spacial score (nSPS) is 16.1. The molecule has 0 fully saturated rings. The summed E-state index contributed by atoms with van der Waals surface area (Å²) in [6.45, 7) is 5.96. The summed E-state index contributed by atoms with van der Waals surface area (Å²) >= 11 is 1.07. The number of thioether (sulfide) groups is 1. The van der Waals surface area contributed by atoms with Crippen LogP contribution in [-0.4, -0.2) is 152 Å². The second-order valence-electron chi connectivity index (χ2n) is 12.3. The van der Waals surface area contributed by atoms with Gasteiger partial charge in [0.05, 0.1) is 37.6 Å². The molecule has 0 unspecified atom stereocenters. The molecule has 288 valence electrons. The van der Waals surface area contributed by atoms with E-state index in [9.17, 15) is 59.1 Å². The highest BCUT2D eigenvalue weighted by Crippen LogP contribution is 2.08. The maximum Gasteiger partial charge on any atom is 0.327 e. The van der Waals surface area contributed by atoms with Crippen LogP contribution in [0.25, 0.3) is 0 Å². The first-order valence-electron chi connectivity index (χ1n) is 15.8. The number of amides is 6. The summed E-state index contributed by atoms with van der Waals surface area (Å²) in [6.07, 6.45) is -7.79. The molecule has 0 aliphatic carbocycles. The molecule has 8 atom stereocenters. The zero-order valence-electron chi connectivity index (χ0n) is 28.7. The molecule has 0 radical (unpaired) electrons. The standard InChI is InChI=1S/C29H53N7O13S/c1-13(2)6-17(34-26(45)16(30)7-21(41)31-8-19(39)24(43)25(44)20(40)10-37)27(46)32-9-22(42)36-23(14(3)4)28(47)35-18(29(48)49)11-50-12-33-15(5)38/h13-14,16-20,23-25,37,39-40,43-44H,6-12,30H2,1-5H3,(H,31,41)(H,32,46)(H,33,38)(H,34,45)(H,35,47)(H,36,42)(H,48,49)/t16-,17-,18-,19-,20+,23-,24+,25+/m0/s1. The van der Waals surface area contributed by atoms with Crippen LogP contribution in [0.4, 0.5) is 0 Å². The number of nitrogens with one attached hydrogen (secondary N) is 6. The number of carbonyl (C=O) groups is 7. The molecule has 0 bridgehead atoms. The Kier molecular flexibility index (Phi) is 22.0. The predicted molar refractivity (Wildman–Crippen MR) is 179 cm³/mol. The van der Waals surface area contributed by atoms with Crippen molar-refractivity contribution < 1.29 is 64.2 Å². The molecule has 6 amide bonds. The van der Waals surface area contributed by atoms with E-state index in [1.54, 1.807) is 27.7 Å². The van der Waals surface area contributed by atoms with Gasteiger partial charge in [-0.15, -0.1) is 11.8 Å². The van der Waals surface area contributed by atoms with Gasteiger partial charge in [0, 0.05) is 19.2 Å². The first-order valence-corrected chi connectivity index (χ1v) is 16.9. The van der Waals surface area contributed by atoms with Gasteiger partial charge in [0.15, 0.2) is 0 Å². The van der Waals surface area contributed by atoms with Crippen LogP contribution in [0.1, 0.15) is 47.5 Å². The van der Waals surface area contributed by atoms with E-state index < -0.39 is 116 Å². The van der Waals surface area contributed by atoms with Crippen molar-refractivity contribution in [2.75, 3.05) is 31.3 Å². The second kappa shape index (κ2) is 23.7. The van der Waals surface area contributed by atoms with Crippen molar-refractivity contribution in [1.82, 2.24) is 31.9 Å². The number of hydrogen-bond acceptors (Lipinski definition) is 14. The molecule has 0 rings (SSSR count). The van der Waals surface area contributed by atoms with Crippen molar-refractivity contribution in [3.63, 3.8) is 0 Å². The molecule has 21 heteroatoms. The minimum Gasteiger partial charge on any atom is -0.480 e. The molecule has 0 heterocycles. The van der Waals surface area contributed by atoms with Gasteiger partial charge < -0.3 is 68.3 Å². The molecule has 20 nitrogen and oxygen atoms in total. The topological polar surface area (TPSA) is 339 Å². The summed E-state index contributed by atoms with van der Waals surface area (Å²) < 4.78 is 0. The van der Waals surface area contributed by atoms with E-state index >= 15 is 0 Å². The molecule has 0 aromatic heterocycles. The van der Waals surface area contributed by atoms with Gasteiger partial charge in [-0.05, 0) is 18.3 Å². The summed E-state index contributed by atoms with van der Waals surface area (Å²) in [5.41, 5.74) is 5.83. The lowest BCUT2D eigenvalue weighted by atomic mass is 10.0. The molecule has 0 aliphatic rings. The number of rotatable bonds is 24. The Balaban J connectivity index is 5.16. The highest BCUT2D eigenvalue weighted by atomic mass is 32.2. The van der Waals surface area contributed by atoms with Crippen molar-refractivity contribution in [2.45, 2.75) is 96.0 Å². The maximum atomic E-state index is 13.0. The summed E-state index contributed by atoms with van der Waals surface area (Å²) in [7, 11) is 0. The number of hydrogen-bond donors (Lipinski definition) is 13. The van der Waals surface area contributed by atoms with E-state index in [1.807, 2.05) is 0 Å². The molecule has 14 N–H and O–H groups in total. The average molecular weight is 740 g/mol. The van der Waals surface area contributed by atoms with Crippen molar-refractivity contribution in [3.05, 3.63) is 0 Å². The van der Waals surface area contributed by atoms with Crippen LogP contribution in [0.5, 0.6) is 0 Å². The van der Waals surface area contributed by atoms with Gasteiger partial charge in [0.25, 0.3) is 0 Å². The Bertz CT molecular complexity index is 1150. The summed E-state index contributed by atoms with van der Waals surface area (Å²) in [4.78, 5) is 86.2. The smallest absolute Gasteiger partial charge is 0.327 e. The van der Waals surface area contributed by atoms with Crippen LogP contribution in [0.3, 0.4) is 0 Å². The fraction of sp³-hybridized carbons (Fsp3) is 0.759. The van der Waals surface area contributed by atoms with Crippen LogP contribution in [0.2, 0.25) is 0 Å². The number of aliphatic carboxylic acids is 1. The average Bonchev–Trinajstić information content (AvgIpc) is 3.03. The third-order valence-corrected chi connectivity index (χ3v) is 7.84. The van der Waals surface area contributed by atoms with E-state index in [1.165, 1.54) is 6.92 Å². The lowest BCUT2D eigenvalue weighted by Gasteiger charge is -2.26. The Morgan fingerprint density at radius 1 is 0.740 bits per heavy atom. The zero-order chi connectivity index (χ0) is 38.7. The molecular formula is C29H53N7O13S. The van der Waals surface area contributed by atoms with Crippen LogP contribution >= 0.6 is 11.8 Å². The number of carbonyl (C=O) groups excluding carboxylic acids is 6. The highest BCUT2D eigenvalue weighted by Gasteiger charge is 2.32. The van der Waals surface area contributed by atoms with Gasteiger partial charge >= 0.3 is 5.97 Å². The number of carboxylic acids is 1. The lowest BCUT2D eigenvalue weighted by Crippen LogP contribution is -2.57. The fourth-order valence-electron chi connectivity index (χ4n) is 4.06. The minimum absolute atomic E-state index is 0.0658. The van der Waals surface area contributed by atoms with E-state index in [4.69, 9.17) is 10.8 Å². The Hall–Kier alpha value is -3.60. The zero-order valence-corrected chi connectivity index (χ0v) is 29.6. The van der Waals surface area contributed by atoms with Crippen LogP contribution < -0.4 is 37.6 Å². The largest absolute Gasteiger partial charge is 0.480 e. The molecule has 0 aliphatic heterocycles. The maximum absolute atomic E-state index is 13.0. The number of carboxylic acid groups (broad SMARTS) is 1. The summed E-state index contributed by atoms with van der Waals surface area (Å²) in [5.74, 6) is -6.24. The van der Waals surface area contributed by atoms with Crippen LogP contribution in [-0.2, 0) is 33.6 Å². The monoisotopic (exact) mass is 739 g/mol. The van der Waals surface area contributed by atoms with Gasteiger partial charge in [-0.2, -0.15) is 0 Å². The first kappa shape index (κ1) is 46.4. The minimum atomic E-state index is -1.92. The Morgan fingerprint density at radius 2 is 1.32 bits per heavy atom. The fourth-order valence-corrected chi connectivity index (χ4v) is 4.95. The quantitative estimate of drug-likeness (QED) is 0.0324. The molecule has 0 saturated heterocycles. The number of aliphatic hydroxyl groups is 5. The number of aliphatic hydroxyl groups excluding tert-OH is 5. The van der Waals surface area contributed by atoms with Crippen molar-refractivity contribution in [2.24, 2.45) is 17.6 Å². The lowest BCUT2D eigenvalue weighted by molar-refractivity contribution is -0.141. The van der Waals surface area contributed by atoms with Crippen LogP contribution in [0, 0.1) is 11.8 Å². The predicted octanol–water partition coefficient (Wildman–Crippen LogP) is -5.56. The number of nitrogens with two attached hydrogens (primary N) is 1. The molecule has 0 spiro atoms. The van der Waals surface area contributed by atoms with Crippen molar-refractivity contribution >= 4 is 53.2 Å². The molecule has 50 heavy (non-hydrogen) atoms. The Labute approximate surface area is 294 Å². The van der Waals surface area contributed by atoms with Gasteiger partial charge in [-0.1, -0.05) is 27.7 Å². The molecule has 0 aromatic rings. The summed E-state index contributed by atoms with van der Waals surface area (Å²) in [6, 6.07) is -5.13. The highest BCUT2D eigenvalue weighted by molar-refractivity contribution is 7.99. The molecule has 0 saturated carbocycles. The first-order chi connectivity index (χ1) is 23.2. The SMILES string of the molecule is CC(=O)NCSC[C@H](NC(=O)[C@@H](NC(=O)CNC(=O)[C@H](CC(C)C)NC(=O)[C@@H](N)CC(=O)NC[C@H](O)[C@@H](O)[C@H](O)[C@H](O)CO)C(C)C)C(=O)O. The molecule has 0 aromatic carbocycles.